The minimum absolute atomic E-state index is 0.198. The molecule has 0 aliphatic heterocycles. The van der Waals surface area contributed by atoms with Crippen LogP contribution in [0.5, 0.6) is 0 Å². The number of rotatable bonds is 5. The first-order valence-electron chi connectivity index (χ1n) is 8.06. The molecular formula is C19H19ClN2O2S2. The molecule has 0 saturated carbocycles. The Labute approximate surface area is 162 Å². The fraction of sp³-hybridized carbons (Fsp3) is 0.211. The van der Waals surface area contributed by atoms with E-state index in [9.17, 15) is 8.42 Å². The van der Waals surface area contributed by atoms with Crippen LogP contribution in [0.2, 0.25) is 5.02 Å². The van der Waals surface area contributed by atoms with Crippen LogP contribution in [0.25, 0.3) is 10.6 Å². The third-order valence-corrected chi connectivity index (χ3v) is 7.13. The van der Waals surface area contributed by atoms with Gasteiger partial charge in [0.05, 0.1) is 15.6 Å². The number of hydrogen-bond donors (Lipinski definition) is 1. The highest BCUT2D eigenvalue weighted by molar-refractivity contribution is 7.89. The van der Waals surface area contributed by atoms with Gasteiger partial charge in [-0.2, -0.15) is 0 Å². The van der Waals surface area contributed by atoms with Crippen molar-refractivity contribution < 1.29 is 8.42 Å². The molecule has 0 bridgehead atoms. The second-order valence-corrected chi connectivity index (χ2v) is 9.34. The zero-order chi connectivity index (χ0) is 18.9. The van der Waals surface area contributed by atoms with E-state index in [0.29, 0.717) is 5.02 Å². The van der Waals surface area contributed by atoms with E-state index in [1.807, 2.05) is 51.1 Å². The van der Waals surface area contributed by atoms with E-state index in [4.69, 9.17) is 11.6 Å². The summed E-state index contributed by atoms with van der Waals surface area (Å²) in [5.74, 6) is 0. The Balaban J connectivity index is 1.81. The van der Waals surface area contributed by atoms with Gasteiger partial charge in [-0.15, -0.1) is 11.3 Å². The van der Waals surface area contributed by atoms with Gasteiger partial charge in [0, 0.05) is 17.0 Å². The van der Waals surface area contributed by atoms with E-state index in [2.05, 4.69) is 9.71 Å². The van der Waals surface area contributed by atoms with Crippen molar-refractivity contribution in [2.24, 2.45) is 0 Å². The monoisotopic (exact) mass is 406 g/mol. The van der Waals surface area contributed by atoms with Gasteiger partial charge < -0.3 is 0 Å². The zero-order valence-electron chi connectivity index (χ0n) is 14.7. The van der Waals surface area contributed by atoms with Crippen LogP contribution in [-0.4, -0.2) is 13.4 Å². The quantitative estimate of drug-likeness (QED) is 0.657. The molecule has 26 heavy (non-hydrogen) atoms. The van der Waals surface area contributed by atoms with Crippen LogP contribution in [0.4, 0.5) is 0 Å². The van der Waals surface area contributed by atoms with Crippen LogP contribution in [0.15, 0.2) is 47.4 Å². The van der Waals surface area contributed by atoms with Gasteiger partial charge in [0.1, 0.15) is 5.01 Å². The Morgan fingerprint density at radius 3 is 2.50 bits per heavy atom. The van der Waals surface area contributed by atoms with Crippen LogP contribution >= 0.6 is 22.9 Å². The molecule has 0 amide bonds. The molecule has 0 unspecified atom stereocenters. The Morgan fingerprint density at radius 2 is 1.81 bits per heavy atom. The lowest BCUT2D eigenvalue weighted by atomic mass is 10.1. The molecule has 0 aliphatic carbocycles. The summed E-state index contributed by atoms with van der Waals surface area (Å²) in [7, 11) is -3.58. The van der Waals surface area contributed by atoms with Crippen molar-refractivity contribution in [1.29, 1.82) is 0 Å². The minimum Gasteiger partial charge on any atom is -0.241 e. The lowest BCUT2D eigenvalue weighted by molar-refractivity contribution is 0.581. The summed E-state index contributed by atoms with van der Waals surface area (Å²) in [6, 6.07) is 12.6. The van der Waals surface area contributed by atoms with Crippen molar-refractivity contribution in [3.8, 4) is 10.6 Å². The molecule has 0 spiro atoms. The Bertz CT molecular complexity index is 1060. The largest absolute Gasteiger partial charge is 0.241 e. The van der Waals surface area contributed by atoms with Crippen LogP contribution in [-0.2, 0) is 16.6 Å². The number of benzene rings is 2. The molecular weight excluding hydrogens is 388 g/mol. The van der Waals surface area contributed by atoms with Gasteiger partial charge in [-0.3, -0.25) is 0 Å². The normalized spacial score (nSPS) is 11.7. The van der Waals surface area contributed by atoms with Crippen LogP contribution in [0, 0.1) is 20.8 Å². The maximum atomic E-state index is 12.6. The lowest BCUT2D eigenvalue weighted by Gasteiger charge is -2.08. The molecule has 3 rings (SSSR count). The SMILES string of the molecule is Cc1ccc(S(=O)(=O)NCc2sc(-c3ccccc3Cl)nc2C)cc1C. The Hall–Kier alpha value is -1.73. The van der Waals surface area contributed by atoms with Crippen LogP contribution < -0.4 is 4.72 Å². The van der Waals surface area contributed by atoms with E-state index in [-0.39, 0.29) is 11.4 Å². The summed E-state index contributed by atoms with van der Waals surface area (Å²) in [5, 5.41) is 1.41. The van der Waals surface area contributed by atoms with Crippen molar-refractivity contribution >= 4 is 33.0 Å². The van der Waals surface area contributed by atoms with Gasteiger partial charge >= 0.3 is 0 Å². The van der Waals surface area contributed by atoms with E-state index in [1.54, 1.807) is 12.1 Å². The number of aryl methyl sites for hydroxylation is 3. The van der Waals surface area contributed by atoms with Crippen molar-refractivity contribution in [2.75, 3.05) is 0 Å². The standard InChI is InChI=1S/C19H19ClN2O2S2/c1-12-8-9-15(10-13(12)2)26(23,24)21-11-18-14(3)22-19(25-18)16-6-4-5-7-17(16)20/h4-10,21H,11H2,1-3H3. The molecule has 4 nitrogen and oxygen atoms in total. The fourth-order valence-electron chi connectivity index (χ4n) is 2.47. The second kappa shape index (κ2) is 7.48. The van der Waals surface area contributed by atoms with E-state index < -0.39 is 10.0 Å². The molecule has 0 aliphatic rings. The predicted octanol–water partition coefficient (Wildman–Crippen LogP) is 4.87. The number of nitrogens with one attached hydrogen (secondary N) is 1. The minimum atomic E-state index is -3.58. The topological polar surface area (TPSA) is 59.1 Å². The zero-order valence-corrected chi connectivity index (χ0v) is 17.1. The Morgan fingerprint density at radius 1 is 1.08 bits per heavy atom. The molecule has 0 fully saturated rings. The molecule has 136 valence electrons. The molecule has 7 heteroatoms. The van der Waals surface area contributed by atoms with Gasteiger partial charge in [-0.25, -0.2) is 18.1 Å². The average molecular weight is 407 g/mol. The highest BCUT2D eigenvalue weighted by Crippen LogP contribution is 2.32. The fourth-order valence-corrected chi connectivity index (χ4v) is 4.96. The van der Waals surface area contributed by atoms with E-state index in [0.717, 1.165) is 32.3 Å². The van der Waals surface area contributed by atoms with Gasteiger partial charge in [-0.05, 0) is 50.1 Å². The number of aromatic nitrogens is 1. The summed E-state index contributed by atoms with van der Waals surface area (Å²) >= 11 is 7.68. The molecule has 1 N–H and O–H groups in total. The van der Waals surface area contributed by atoms with Gasteiger partial charge in [0.2, 0.25) is 10.0 Å². The number of nitrogens with zero attached hydrogens (tertiary/aromatic N) is 1. The number of sulfonamides is 1. The molecule has 1 heterocycles. The molecule has 3 aromatic rings. The number of hydrogen-bond acceptors (Lipinski definition) is 4. The smallest absolute Gasteiger partial charge is 0.240 e. The van der Waals surface area contributed by atoms with Gasteiger partial charge in [-0.1, -0.05) is 35.9 Å². The van der Waals surface area contributed by atoms with Crippen molar-refractivity contribution in [3.05, 3.63) is 69.2 Å². The second-order valence-electron chi connectivity index (χ2n) is 6.08. The van der Waals surface area contributed by atoms with Gasteiger partial charge in [0.25, 0.3) is 0 Å². The Kier molecular flexibility index (Phi) is 5.48. The summed E-state index contributed by atoms with van der Waals surface area (Å²) in [6.07, 6.45) is 0. The highest BCUT2D eigenvalue weighted by Gasteiger charge is 2.17. The molecule has 0 atom stereocenters. The first-order chi connectivity index (χ1) is 12.3. The van der Waals surface area contributed by atoms with Crippen molar-refractivity contribution in [2.45, 2.75) is 32.2 Å². The summed E-state index contributed by atoms with van der Waals surface area (Å²) in [4.78, 5) is 5.68. The van der Waals surface area contributed by atoms with Crippen molar-refractivity contribution in [1.82, 2.24) is 9.71 Å². The number of thiazole rings is 1. The van der Waals surface area contributed by atoms with E-state index >= 15 is 0 Å². The third kappa shape index (κ3) is 3.99. The third-order valence-electron chi connectivity index (χ3n) is 4.21. The summed E-state index contributed by atoms with van der Waals surface area (Å²) in [6.45, 7) is 5.92. The molecule has 0 saturated heterocycles. The first kappa shape index (κ1) is 19.0. The van der Waals surface area contributed by atoms with Crippen molar-refractivity contribution in [3.63, 3.8) is 0 Å². The van der Waals surface area contributed by atoms with Crippen LogP contribution in [0.3, 0.4) is 0 Å². The lowest BCUT2D eigenvalue weighted by Crippen LogP contribution is -2.23. The highest BCUT2D eigenvalue weighted by atomic mass is 35.5. The average Bonchev–Trinajstić information content (AvgIpc) is 2.96. The maximum absolute atomic E-state index is 12.6. The maximum Gasteiger partial charge on any atom is 0.240 e. The van der Waals surface area contributed by atoms with E-state index in [1.165, 1.54) is 11.3 Å². The van der Waals surface area contributed by atoms with Crippen LogP contribution in [0.1, 0.15) is 21.7 Å². The first-order valence-corrected chi connectivity index (χ1v) is 10.7. The molecule has 2 aromatic carbocycles. The number of halogens is 1. The predicted molar refractivity (Wildman–Crippen MR) is 107 cm³/mol. The molecule has 0 radical (unpaired) electrons. The summed E-state index contributed by atoms with van der Waals surface area (Å²) < 4.78 is 27.8. The van der Waals surface area contributed by atoms with Gasteiger partial charge in [0.15, 0.2) is 0 Å². The summed E-state index contributed by atoms with van der Waals surface area (Å²) in [5.41, 5.74) is 3.66. The molecule has 1 aromatic heterocycles.